The van der Waals surface area contributed by atoms with Crippen molar-refractivity contribution in [1.82, 2.24) is 9.88 Å². The van der Waals surface area contributed by atoms with E-state index in [-0.39, 0.29) is 24.5 Å². The first-order valence-corrected chi connectivity index (χ1v) is 10.6. The van der Waals surface area contributed by atoms with Gasteiger partial charge in [-0.25, -0.2) is 4.98 Å². The average Bonchev–Trinajstić information content (AvgIpc) is 2.82. The number of ether oxygens (including phenoxy) is 1. The highest BCUT2D eigenvalue weighted by Crippen LogP contribution is 2.23. The van der Waals surface area contributed by atoms with E-state index in [4.69, 9.17) is 9.72 Å². The molecule has 0 spiro atoms. The lowest BCUT2D eigenvalue weighted by atomic mass is 10.0. The molecule has 1 aliphatic rings. The van der Waals surface area contributed by atoms with Crippen molar-refractivity contribution >= 4 is 28.4 Å². The van der Waals surface area contributed by atoms with Crippen molar-refractivity contribution in [3.05, 3.63) is 65.7 Å². The van der Waals surface area contributed by atoms with Gasteiger partial charge in [0.05, 0.1) is 18.2 Å². The zero-order chi connectivity index (χ0) is 21.8. The number of ketones is 1. The lowest BCUT2D eigenvalue weighted by molar-refractivity contribution is -0.131. The van der Waals surface area contributed by atoms with Gasteiger partial charge in [0.2, 0.25) is 5.91 Å². The van der Waals surface area contributed by atoms with Crippen LogP contribution in [-0.2, 0) is 4.79 Å². The first-order chi connectivity index (χ1) is 15.0. The minimum Gasteiger partial charge on any atom is -0.496 e. The molecule has 2 heterocycles. The van der Waals surface area contributed by atoms with Gasteiger partial charge < -0.3 is 14.5 Å². The predicted molar refractivity (Wildman–Crippen MR) is 122 cm³/mol. The maximum atomic E-state index is 12.7. The van der Waals surface area contributed by atoms with E-state index in [1.165, 1.54) is 0 Å². The standard InChI is InChI=1S/C25H27N3O3/c1-18-7-10-23(31-2)20(17-18)22(29)9-12-25(30)28-15-13-27(14-16-28)24-11-8-19-5-3-4-6-21(19)26-24/h3-8,10-11,17H,9,12-16H2,1-2H3. The molecular weight excluding hydrogens is 390 g/mol. The largest absolute Gasteiger partial charge is 0.496 e. The summed E-state index contributed by atoms with van der Waals surface area (Å²) in [6.07, 6.45) is 0.398. The second-order valence-electron chi connectivity index (χ2n) is 7.86. The molecule has 31 heavy (non-hydrogen) atoms. The molecule has 2 aromatic carbocycles. The van der Waals surface area contributed by atoms with Gasteiger partial charge in [-0.2, -0.15) is 0 Å². The number of rotatable bonds is 6. The number of aromatic nitrogens is 1. The number of benzene rings is 2. The number of hydrogen-bond acceptors (Lipinski definition) is 5. The van der Waals surface area contributed by atoms with Crippen LogP contribution in [0.3, 0.4) is 0 Å². The van der Waals surface area contributed by atoms with Gasteiger partial charge in [0, 0.05) is 44.4 Å². The minimum absolute atomic E-state index is 0.0195. The second-order valence-corrected chi connectivity index (χ2v) is 7.86. The summed E-state index contributed by atoms with van der Waals surface area (Å²) in [4.78, 5) is 34.1. The molecular formula is C25H27N3O3. The molecule has 160 valence electrons. The van der Waals surface area contributed by atoms with E-state index >= 15 is 0 Å². The normalized spacial score (nSPS) is 14.0. The van der Waals surface area contributed by atoms with Crippen LogP contribution in [0.4, 0.5) is 5.82 Å². The molecule has 0 N–H and O–H groups in total. The highest BCUT2D eigenvalue weighted by molar-refractivity contribution is 6.00. The molecule has 0 radical (unpaired) electrons. The number of carbonyl (C=O) groups is 2. The lowest BCUT2D eigenvalue weighted by Crippen LogP contribution is -2.49. The van der Waals surface area contributed by atoms with E-state index in [2.05, 4.69) is 17.0 Å². The molecule has 6 nitrogen and oxygen atoms in total. The number of fused-ring (bicyclic) bond motifs is 1. The lowest BCUT2D eigenvalue weighted by Gasteiger charge is -2.35. The number of anilines is 1. The van der Waals surface area contributed by atoms with Crippen molar-refractivity contribution in [3.63, 3.8) is 0 Å². The fourth-order valence-electron chi connectivity index (χ4n) is 3.97. The number of carbonyl (C=O) groups excluding carboxylic acids is 2. The number of Topliss-reactive ketones (excluding diaryl/α,β-unsaturated/α-hetero) is 1. The summed E-state index contributed by atoms with van der Waals surface area (Å²) in [6, 6.07) is 17.7. The zero-order valence-corrected chi connectivity index (χ0v) is 18.0. The first-order valence-electron chi connectivity index (χ1n) is 10.6. The molecule has 4 rings (SSSR count). The molecule has 3 aromatic rings. The molecule has 1 aliphatic heterocycles. The van der Waals surface area contributed by atoms with Gasteiger partial charge in [0.25, 0.3) is 0 Å². The average molecular weight is 418 g/mol. The molecule has 0 saturated carbocycles. The van der Waals surface area contributed by atoms with Crippen LogP contribution >= 0.6 is 0 Å². The third-order valence-corrected chi connectivity index (χ3v) is 5.76. The number of piperazine rings is 1. The van der Waals surface area contributed by atoms with E-state index in [0.29, 0.717) is 24.4 Å². The number of hydrogen-bond donors (Lipinski definition) is 0. The molecule has 1 fully saturated rings. The van der Waals surface area contributed by atoms with Crippen LogP contribution in [0.15, 0.2) is 54.6 Å². The summed E-state index contributed by atoms with van der Waals surface area (Å²) in [5.74, 6) is 1.45. The minimum atomic E-state index is -0.0621. The highest BCUT2D eigenvalue weighted by atomic mass is 16.5. The van der Waals surface area contributed by atoms with Gasteiger partial charge in [-0.05, 0) is 37.3 Å². The SMILES string of the molecule is COc1ccc(C)cc1C(=O)CCC(=O)N1CCN(c2ccc3ccccc3n2)CC1. The van der Waals surface area contributed by atoms with Gasteiger partial charge in [-0.1, -0.05) is 29.8 Å². The molecule has 0 atom stereocenters. The topological polar surface area (TPSA) is 62.7 Å². The Morgan fingerprint density at radius 2 is 1.74 bits per heavy atom. The van der Waals surface area contributed by atoms with E-state index in [0.717, 1.165) is 35.4 Å². The Morgan fingerprint density at radius 1 is 0.968 bits per heavy atom. The van der Waals surface area contributed by atoms with Crippen LogP contribution in [0, 0.1) is 6.92 Å². The van der Waals surface area contributed by atoms with Crippen LogP contribution in [0.1, 0.15) is 28.8 Å². The van der Waals surface area contributed by atoms with E-state index in [1.807, 2.05) is 48.2 Å². The molecule has 1 aromatic heterocycles. The molecule has 0 unspecified atom stereocenters. The molecule has 1 saturated heterocycles. The Kier molecular flexibility index (Phi) is 6.16. The van der Waals surface area contributed by atoms with Crippen LogP contribution < -0.4 is 9.64 Å². The summed E-state index contributed by atoms with van der Waals surface area (Å²) in [5, 5.41) is 1.12. The smallest absolute Gasteiger partial charge is 0.223 e. The number of pyridine rings is 1. The van der Waals surface area contributed by atoms with Crippen molar-refractivity contribution in [1.29, 1.82) is 0 Å². The van der Waals surface area contributed by atoms with Crippen LogP contribution in [-0.4, -0.2) is 54.9 Å². The number of aryl methyl sites for hydroxylation is 1. The van der Waals surface area contributed by atoms with Crippen molar-refractivity contribution in [2.75, 3.05) is 38.2 Å². The quantitative estimate of drug-likeness (QED) is 0.570. The number of nitrogens with zero attached hydrogens (tertiary/aromatic N) is 3. The van der Waals surface area contributed by atoms with Gasteiger partial charge in [0.15, 0.2) is 5.78 Å². The van der Waals surface area contributed by atoms with Crippen molar-refractivity contribution in [2.45, 2.75) is 19.8 Å². The summed E-state index contributed by atoms with van der Waals surface area (Å²) in [5.41, 5.74) is 2.51. The molecule has 0 bridgehead atoms. The number of methoxy groups -OCH3 is 1. The fraction of sp³-hybridized carbons (Fsp3) is 0.320. The van der Waals surface area contributed by atoms with E-state index in [9.17, 15) is 9.59 Å². The van der Waals surface area contributed by atoms with Crippen LogP contribution in [0.25, 0.3) is 10.9 Å². The number of para-hydroxylation sites is 1. The highest BCUT2D eigenvalue weighted by Gasteiger charge is 2.23. The summed E-state index contributed by atoms with van der Waals surface area (Å²) in [6.45, 7) is 4.67. The van der Waals surface area contributed by atoms with Crippen molar-refractivity contribution in [3.8, 4) is 5.75 Å². The Morgan fingerprint density at radius 3 is 2.52 bits per heavy atom. The molecule has 0 aliphatic carbocycles. The Balaban J connectivity index is 1.32. The zero-order valence-electron chi connectivity index (χ0n) is 18.0. The summed E-state index contributed by atoms with van der Waals surface area (Å²) in [7, 11) is 1.55. The Hall–Kier alpha value is -3.41. The summed E-state index contributed by atoms with van der Waals surface area (Å²) >= 11 is 0. The van der Waals surface area contributed by atoms with Gasteiger partial charge in [-0.15, -0.1) is 0 Å². The second kappa shape index (κ2) is 9.16. The van der Waals surface area contributed by atoms with E-state index < -0.39 is 0 Å². The molecule has 1 amide bonds. The maximum absolute atomic E-state index is 12.7. The van der Waals surface area contributed by atoms with Crippen molar-refractivity contribution in [2.24, 2.45) is 0 Å². The Bertz CT molecular complexity index is 1100. The third-order valence-electron chi connectivity index (χ3n) is 5.76. The predicted octanol–water partition coefficient (Wildman–Crippen LogP) is 3.86. The first kappa shape index (κ1) is 20.8. The fourth-order valence-corrected chi connectivity index (χ4v) is 3.97. The van der Waals surface area contributed by atoms with E-state index in [1.54, 1.807) is 13.2 Å². The third kappa shape index (κ3) is 4.68. The maximum Gasteiger partial charge on any atom is 0.223 e. The van der Waals surface area contributed by atoms with Crippen molar-refractivity contribution < 1.29 is 14.3 Å². The van der Waals surface area contributed by atoms with Gasteiger partial charge in [0.1, 0.15) is 11.6 Å². The Labute approximate surface area is 182 Å². The van der Waals surface area contributed by atoms with Gasteiger partial charge in [-0.3, -0.25) is 9.59 Å². The van der Waals surface area contributed by atoms with Gasteiger partial charge >= 0.3 is 0 Å². The van der Waals surface area contributed by atoms with Crippen LogP contribution in [0.5, 0.6) is 5.75 Å². The van der Waals surface area contributed by atoms with Crippen LogP contribution in [0.2, 0.25) is 0 Å². The monoisotopic (exact) mass is 417 g/mol. The molecule has 6 heteroatoms. The summed E-state index contributed by atoms with van der Waals surface area (Å²) < 4.78 is 5.30. The number of amides is 1.